The predicted molar refractivity (Wildman–Crippen MR) is 134 cm³/mol. The molecule has 2 bridgehead atoms. The molecule has 9 heteroatoms. The number of nitrogens with one attached hydrogen (secondary N) is 1. The number of carbonyl (C=O) groups is 3. The highest BCUT2D eigenvalue weighted by Gasteiger charge is 2.77. The van der Waals surface area contributed by atoms with Crippen LogP contribution >= 0.6 is 15.9 Å². The van der Waals surface area contributed by atoms with Crippen molar-refractivity contribution in [1.82, 2.24) is 10.2 Å². The van der Waals surface area contributed by atoms with Crippen LogP contribution in [-0.2, 0) is 30.4 Å². The van der Waals surface area contributed by atoms with Crippen LogP contribution in [-0.4, -0.2) is 63.6 Å². The lowest BCUT2D eigenvalue weighted by molar-refractivity contribution is -0.155. The number of aliphatic hydroxyl groups is 1. The molecule has 3 aliphatic heterocycles. The zero-order valence-electron chi connectivity index (χ0n) is 19.9. The van der Waals surface area contributed by atoms with Gasteiger partial charge in [-0.15, -0.1) is 0 Å². The van der Waals surface area contributed by atoms with E-state index in [1.54, 1.807) is 6.92 Å². The van der Waals surface area contributed by atoms with Gasteiger partial charge < -0.3 is 24.8 Å². The second kappa shape index (κ2) is 9.95. The van der Waals surface area contributed by atoms with E-state index in [2.05, 4.69) is 21.2 Å². The first-order chi connectivity index (χ1) is 17.4. The Bertz CT molecular complexity index is 1130. The minimum Gasteiger partial charge on any atom is -0.466 e. The van der Waals surface area contributed by atoms with E-state index in [9.17, 15) is 19.5 Å². The summed E-state index contributed by atoms with van der Waals surface area (Å²) in [6.45, 7) is 1.78. The maximum atomic E-state index is 14.1. The molecule has 0 radical (unpaired) electrons. The number of carbonyl (C=O) groups excluding carboxylic acids is 3. The van der Waals surface area contributed by atoms with Crippen molar-refractivity contribution in [2.75, 3.05) is 13.2 Å². The number of hydrogen-bond acceptors (Lipinski definition) is 6. The Labute approximate surface area is 218 Å². The van der Waals surface area contributed by atoms with Crippen LogP contribution in [0, 0.1) is 11.8 Å². The fourth-order valence-corrected chi connectivity index (χ4v) is 7.06. The van der Waals surface area contributed by atoms with Crippen molar-refractivity contribution in [2.24, 2.45) is 11.8 Å². The molecule has 36 heavy (non-hydrogen) atoms. The molecule has 0 saturated carbocycles. The number of aliphatic hydroxyl groups excluding tert-OH is 1. The molecule has 3 fully saturated rings. The smallest absolute Gasteiger partial charge is 0.312 e. The summed E-state index contributed by atoms with van der Waals surface area (Å²) >= 11 is 3.63. The van der Waals surface area contributed by atoms with Gasteiger partial charge in [-0.25, -0.2) is 0 Å². The van der Waals surface area contributed by atoms with E-state index in [4.69, 9.17) is 9.47 Å². The molecule has 7 atom stereocenters. The quantitative estimate of drug-likeness (QED) is 0.382. The Morgan fingerprint density at radius 1 is 1.19 bits per heavy atom. The third kappa shape index (κ3) is 3.93. The number of hydrogen-bond donors (Lipinski definition) is 2. The summed E-state index contributed by atoms with van der Waals surface area (Å²) in [5.74, 6) is -2.97. The van der Waals surface area contributed by atoms with E-state index in [1.807, 2.05) is 60.7 Å². The monoisotopic (exact) mass is 556 g/mol. The summed E-state index contributed by atoms with van der Waals surface area (Å²) in [5, 5.41) is 13.4. The van der Waals surface area contributed by atoms with Crippen molar-refractivity contribution in [1.29, 1.82) is 0 Å². The molecule has 190 valence electrons. The van der Waals surface area contributed by atoms with Gasteiger partial charge >= 0.3 is 5.97 Å². The topological polar surface area (TPSA) is 105 Å². The second-order valence-corrected chi connectivity index (χ2v) is 10.6. The summed E-state index contributed by atoms with van der Waals surface area (Å²) in [6.07, 6.45) is -0.189. The third-order valence-electron chi connectivity index (χ3n) is 7.54. The van der Waals surface area contributed by atoms with Gasteiger partial charge in [0.2, 0.25) is 11.8 Å². The van der Waals surface area contributed by atoms with Gasteiger partial charge in [0.25, 0.3) is 0 Å². The number of fused-ring (bicyclic) bond motifs is 1. The van der Waals surface area contributed by atoms with Crippen LogP contribution in [0.3, 0.4) is 0 Å². The first-order valence-corrected chi connectivity index (χ1v) is 13.1. The Morgan fingerprint density at radius 2 is 1.86 bits per heavy atom. The molecule has 2 aromatic carbocycles. The molecule has 1 unspecified atom stereocenters. The van der Waals surface area contributed by atoms with E-state index >= 15 is 0 Å². The first-order valence-electron chi connectivity index (χ1n) is 12.2. The van der Waals surface area contributed by atoms with Gasteiger partial charge in [-0.3, -0.25) is 14.4 Å². The second-order valence-electron chi connectivity index (χ2n) is 9.47. The van der Waals surface area contributed by atoms with E-state index in [0.717, 1.165) is 5.56 Å². The number of amides is 2. The summed E-state index contributed by atoms with van der Waals surface area (Å²) in [6, 6.07) is 16.8. The fourth-order valence-electron chi connectivity index (χ4n) is 6.12. The van der Waals surface area contributed by atoms with Crippen LogP contribution in [0.5, 0.6) is 0 Å². The average molecular weight is 557 g/mol. The highest BCUT2D eigenvalue weighted by molar-refractivity contribution is 9.09. The zero-order valence-corrected chi connectivity index (χ0v) is 21.5. The molecule has 5 rings (SSSR count). The lowest BCUT2D eigenvalue weighted by Crippen LogP contribution is -2.56. The van der Waals surface area contributed by atoms with Crippen molar-refractivity contribution in [2.45, 2.75) is 48.5 Å². The van der Waals surface area contributed by atoms with E-state index in [1.165, 1.54) is 4.90 Å². The van der Waals surface area contributed by atoms with Gasteiger partial charge in [-0.1, -0.05) is 76.6 Å². The Balaban J connectivity index is 1.56. The Hall–Kier alpha value is -2.75. The number of ether oxygens (including phenoxy) is 2. The van der Waals surface area contributed by atoms with Gasteiger partial charge in [0.05, 0.1) is 37.2 Å². The van der Waals surface area contributed by atoms with Gasteiger partial charge in [-0.2, -0.15) is 0 Å². The number of benzene rings is 2. The molecule has 1 spiro atoms. The van der Waals surface area contributed by atoms with Crippen LogP contribution < -0.4 is 5.32 Å². The molecule has 3 heterocycles. The molecular formula is C27H29BrN2O6. The summed E-state index contributed by atoms with van der Waals surface area (Å²) in [5.41, 5.74) is 0.399. The number of likely N-dealkylation sites (tertiary alicyclic amines) is 1. The molecular weight excluding hydrogens is 528 g/mol. The van der Waals surface area contributed by atoms with Crippen molar-refractivity contribution in [3.63, 3.8) is 0 Å². The minimum absolute atomic E-state index is 0.177. The van der Waals surface area contributed by atoms with Gasteiger partial charge in [-0.05, 0) is 24.5 Å². The van der Waals surface area contributed by atoms with Gasteiger partial charge in [0, 0.05) is 11.4 Å². The predicted octanol–water partition coefficient (Wildman–Crippen LogP) is 2.35. The number of alkyl halides is 1. The number of rotatable bonds is 8. The number of halogens is 1. The van der Waals surface area contributed by atoms with Crippen LogP contribution in [0.2, 0.25) is 0 Å². The Morgan fingerprint density at radius 3 is 2.50 bits per heavy atom. The van der Waals surface area contributed by atoms with Crippen molar-refractivity contribution in [3.05, 3.63) is 71.8 Å². The lowest BCUT2D eigenvalue weighted by Gasteiger charge is -2.37. The highest BCUT2D eigenvalue weighted by Crippen LogP contribution is 2.61. The molecule has 3 saturated heterocycles. The number of esters is 1. The van der Waals surface area contributed by atoms with Crippen LogP contribution in [0.15, 0.2) is 60.7 Å². The van der Waals surface area contributed by atoms with E-state index in [-0.39, 0.29) is 36.4 Å². The Kier molecular flexibility index (Phi) is 6.89. The standard InChI is InChI=1S/C27H29BrN2O6/c1-2-35-26(34)20-21-25(33)30(19(15-31)17-11-7-4-8-12-17)23(27(21)13-18(28)22(20)36-27)24(32)29-14-16-9-5-3-6-10-16/h3-12,18-23,31H,2,13-15H2,1H3,(H,29,32)/t18?,19-,20-,21+,22-,23-,27+/m1/s1. The largest absolute Gasteiger partial charge is 0.466 e. The van der Waals surface area contributed by atoms with E-state index < -0.39 is 41.6 Å². The summed E-state index contributed by atoms with van der Waals surface area (Å²) in [7, 11) is 0. The van der Waals surface area contributed by atoms with Crippen molar-refractivity contribution < 1.29 is 29.0 Å². The zero-order chi connectivity index (χ0) is 25.4. The molecule has 8 nitrogen and oxygen atoms in total. The maximum absolute atomic E-state index is 14.1. The van der Waals surface area contributed by atoms with Crippen LogP contribution in [0.4, 0.5) is 0 Å². The van der Waals surface area contributed by atoms with Crippen molar-refractivity contribution in [3.8, 4) is 0 Å². The van der Waals surface area contributed by atoms with Gasteiger partial charge in [0.15, 0.2) is 0 Å². The normalized spacial score (nSPS) is 31.2. The average Bonchev–Trinajstić information content (AvgIpc) is 3.48. The SMILES string of the molecule is CCOC(=O)[C@H]1[C@@H]2O[C@@]3(CC2Br)[C@@H]1C(=O)N([C@H](CO)c1ccccc1)[C@@H]3C(=O)NCc1ccccc1. The molecule has 0 aromatic heterocycles. The highest BCUT2D eigenvalue weighted by atomic mass is 79.9. The molecule has 2 N–H and O–H groups in total. The van der Waals surface area contributed by atoms with Crippen LogP contribution in [0.25, 0.3) is 0 Å². The van der Waals surface area contributed by atoms with E-state index in [0.29, 0.717) is 12.0 Å². The third-order valence-corrected chi connectivity index (χ3v) is 8.38. The summed E-state index contributed by atoms with van der Waals surface area (Å²) < 4.78 is 11.8. The van der Waals surface area contributed by atoms with Gasteiger partial charge in [0.1, 0.15) is 11.6 Å². The molecule has 3 aliphatic rings. The lowest BCUT2D eigenvalue weighted by atomic mass is 9.70. The minimum atomic E-state index is -1.21. The molecule has 2 aromatic rings. The first kappa shape index (κ1) is 24.9. The van der Waals surface area contributed by atoms with Crippen LogP contribution in [0.1, 0.15) is 30.5 Å². The van der Waals surface area contributed by atoms with Crippen molar-refractivity contribution >= 4 is 33.7 Å². The number of nitrogens with zero attached hydrogens (tertiary/aromatic N) is 1. The summed E-state index contributed by atoms with van der Waals surface area (Å²) in [4.78, 5) is 42.2. The maximum Gasteiger partial charge on any atom is 0.312 e. The molecule has 2 amide bonds. The molecule has 0 aliphatic carbocycles. The fraction of sp³-hybridized carbons (Fsp3) is 0.444.